The van der Waals surface area contributed by atoms with E-state index in [1.165, 1.54) is 6.42 Å². The molecule has 0 saturated carbocycles. The Morgan fingerprint density at radius 3 is 2.67 bits per heavy atom. The van der Waals surface area contributed by atoms with Crippen LogP contribution in [0.4, 0.5) is 0 Å². The van der Waals surface area contributed by atoms with Gasteiger partial charge in [0.1, 0.15) is 5.75 Å². The lowest BCUT2D eigenvalue weighted by Gasteiger charge is -2.26. The van der Waals surface area contributed by atoms with Crippen LogP contribution in [0, 0.1) is 0 Å². The second-order valence-corrected chi connectivity index (χ2v) is 5.82. The Bertz CT molecular complexity index is 528. The van der Waals surface area contributed by atoms with Crippen LogP contribution in [0.1, 0.15) is 29.6 Å². The molecule has 21 heavy (non-hydrogen) atoms. The van der Waals surface area contributed by atoms with Gasteiger partial charge >= 0.3 is 0 Å². The summed E-state index contributed by atoms with van der Waals surface area (Å²) in [6.45, 7) is 1.61. The predicted molar refractivity (Wildman–Crippen MR) is 83.5 cm³/mol. The maximum Gasteiger partial charge on any atom is 0.252 e. The Hall–Kier alpha value is -1.56. The third-order valence-electron chi connectivity index (χ3n) is 3.53. The summed E-state index contributed by atoms with van der Waals surface area (Å²) < 4.78 is 5.78. The molecular formula is C15H19BrN2O3. The Morgan fingerprint density at radius 2 is 2.00 bits per heavy atom. The van der Waals surface area contributed by atoms with E-state index in [9.17, 15) is 9.59 Å². The highest BCUT2D eigenvalue weighted by Gasteiger charge is 2.18. The summed E-state index contributed by atoms with van der Waals surface area (Å²) in [6, 6.07) is 5.16. The van der Waals surface area contributed by atoms with Crippen LogP contribution in [-0.4, -0.2) is 43.5 Å². The molecule has 0 spiro atoms. The number of rotatable bonds is 4. The number of nitrogens with zero attached hydrogens (tertiary/aromatic N) is 1. The zero-order chi connectivity index (χ0) is 15.2. The number of piperidine rings is 1. The summed E-state index contributed by atoms with van der Waals surface area (Å²) in [5.41, 5.74) is 0.459. The molecule has 0 aromatic heterocycles. The van der Waals surface area contributed by atoms with Gasteiger partial charge in [-0.15, -0.1) is 0 Å². The third kappa shape index (κ3) is 4.20. The van der Waals surface area contributed by atoms with Crippen LogP contribution < -0.4 is 10.1 Å². The molecule has 1 N–H and O–H groups in total. The monoisotopic (exact) mass is 354 g/mol. The van der Waals surface area contributed by atoms with Gasteiger partial charge in [0.2, 0.25) is 5.91 Å². The second kappa shape index (κ2) is 7.45. The molecule has 1 heterocycles. The van der Waals surface area contributed by atoms with Crippen LogP contribution in [-0.2, 0) is 4.79 Å². The number of ether oxygens (including phenoxy) is 1. The molecule has 1 fully saturated rings. The molecule has 1 aromatic rings. The largest absolute Gasteiger partial charge is 0.497 e. The Labute approximate surface area is 132 Å². The average molecular weight is 355 g/mol. The van der Waals surface area contributed by atoms with Crippen molar-refractivity contribution in [2.45, 2.75) is 19.3 Å². The standard InChI is InChI=1S/C15H19BrN2O3/c1-21-11-5-6-13(16)12(9-11)15(20)17-10-14(19)18-7-3-2-4-8-18/h5-6,9H,2-4,7-8,10H2,1H3,(H,17,20). The predicted octanol–water partition coefficient (Wildman–Crippen LogP) is 2.20. The first-order chi connectivity index (χ1) is 10.1. The van der Waals surface area contributed by atoms with Gasteiger partial charge in [-0.1, -0.05) is 0 Å². The van der Waals surface area contributed by atoms with Gasteiger partial charge in [0.25, 0.3) is 5.91 Å². The van der Waals surface area contributed by atoms with Gasteiger partial charge in [0.05, 0.1) is 19.2 Å². The molecule has 6 heteroatoms. The van der Waals surface area contributed by atoms with Gasteiger partial charge < -0.3 is 15.0 Å². The second-order valence-electron chi connectivity index (χ2n) is 4.97. The molecule has 2 rings (SSSR count). The molecule has 1 saturated heterocycles. The number of carbonyl (C=O) groups excluding carboxylic acids is 2. The zero-order valence-electron chi connectivity index (χ0n) is 12.0. The summed E-state index contributed by atoms with van der Waals surface area (Å²) in [4.78, 5) is 26.0. The van der Waals surface area contributed by atoms with Crippen LogP contribution in [0.5, 0.6) is 5.75 Å². The van der Waals surface area contributed by atoms with Crippen molar-refractivity contribution in [3.8, 4) is 5.75 Å². The highest BCUT2D eigenvalue weighted by Crippen LogP contribution is 2.22. The van der Waals surface area contributed by atoms with Crippen molar-refractivity contribution in [3.05, 3.63) is 28.2 Å². The van der Waals surface area contributed by atoms with Crippen molar-refractivity contribution in [3.63, 3.8) is 0 Å². The van der Waals surface area contributed by atoms with E-state index >= 15 is 0 Å². The van der Waals surface area contributed by atoms with Crippen LogP contribution in [0.2, 0.25) is 0 Å². The lowest BCUT2D eigenvalue weighted by Crippen LogP contribution is -2.42. The van der Waals surface area contributed by atoms with Gasteiger partial charge in [-0.3, -0.25) is 9.59 Å². The Kier molecular flexibility index (Phi) is 5.61. The van der Waals surface area contributed by atoms with Crippen molar-refractivity contribution >= 4 is 27.7 Å². The normalized spacial score (nSPS) is 14.7. The molecule has 1 aromatic carbocycles. The highest BCUT2D eigenvalue weighted by molar-refractivity contribution is 9.10. The van der Waals surface area contributed by atoms with Crippen LogP contribution >= 0.6 is 15.9 Å². The van der Waals surface area contributed by atoms with E-state index in [1.54, 1.807) is 25.3 Å². The van der Waals surface area contributed by atoms with Crippen LogP contribution in [0.25, 0.3) is 0 Å². The molecule has 0 radical (unpaired) electrons. The first-order valence-corrected chi connectivity index (χ1v) is 7.80. The van der Waals surface area contributed by atoms with Gasteiger partial charge in [0.15, 0.2) is 0 Å². The lowest BCUT2D eigenvalue weighted by atomic mass is 10.1. The molecule has 114 valence electrons. The Balaban J connectivity index is 1.93. The quantitative estimate of drug-likeness (QED) is 0.901. The van der Waals surface area contributed by atoms with Gasteiger partial charge in [0, 0.05) is 17.6 Å². The smallest absolute Gasteiger partial charge is 0.252 e. The number of benzene rings is 1. The number of methoxy groups -OCH3 is 1. The van der Waals surface area contributed by atoms with Crippen molar-refractivity contribution < 1.29 is 14.3 Å². The first kappa shape index (κ1) is 15.8. The molecular weight excluding hydrogens is 336 g/mol. The molecule has 0 bridgehead atoms. The van der Waals surface area contributed by atoms with Crippen molar-refractivity contribution in [1.29, 1.82) is 0 Å². The van der Waals surface area contributed by atoms with E-state index in [-0.39, 0.29) is 18.4 Å². The minimum atomic E-state index is -0.286. The zero-order valence-corrected chi connectivity index (χ0v) is 13.6. The van der Waals surface area contributed by atoms with Crippen molar-refractivity contribution in [2.75, 3.05) is 26.7 Å². The minimum absolute atomic E-state index is 0.0259. The molecule has 5 nitrogen and oxygen atoms in total. The number of hydrogen-bond donors (Lipinski definition) is 1. The third-order valence-corrected chi connectivity index (χ3v) is 4.22. The molecule has 0 aliphatic carbocycles. The van der Waals surface area contributed by atoms with Crippen LogP contribution in [0.15, 0.2) is 22.7 Å². The van der Waals surface area contributed by atoms with Crippen molar-refractivity contribution in [1.82, 2.24) is 10.2 Å². The van der Waals surface area contributed by atoms with Gasteiger partial charge in [-0.25, -0.2) is 0 Å². The van der Waals surface area contributed by atoms with E-state index in [4.69, 9.17) is 4.74 Å². The summed E-state index contributed by atoms with van der Waals surface area (Å²) >= 11 is 3.33. The lowest BCUT2D eigenvalue weighted by molar-refractivity contribution is -0.130. The highest BCUT2D eigenvalue weighted by atomic mass is 79.9. The fourth-order valence-electron chi connectivity index (χ4n) is 2.31. The van der Waals surface area contributed by atoms with E-state index in [1.807, 2.05) is 4.90 Å². The number of halogens is 1. The maximum absolute atomic E-state index is 12.2. The topological polar surface area (TPSA) is 58.6 Å². The number of hydrogen-bond acceptors (Lipinski definition) is 3. The summed E-state index contributed by atoms with van der Waals surface area (Å²) in [5, 5.41) is 2.67. The van der Waals surface area contributed by atoms with Gasteiger partial charge in [-0.2, -0.15) is 0 Å². The van der Waals surface area contributed by atoms with E-state index < -0.39 is 0 Å². The van der Waals surface area contributed by atoms with Gasteiger partial charge in [-0.05, 0) is 53.4 Å². The van der Waals surface area contributed by atoms with Crippen LogP contribution in [0.3, 0.4) is 0 Å². The maximum atomic E-state index is 12.2. The van der Waals surface area contributed by atoms with E-state index in [0.717, 1.165) is 25.9 Å². The fourth-order valence-corrected chi connectivity index (χ4v) is 2.74. The summed E-state index contributed by atoms with van der Waals surface area (Å²) in [5.74, 6) is 0.291. The first-order valence-electron chi connectivity index (χ1n) is 7.01. The van der Waals surface area contributed by atoms with E-state index in [2.05, 4.69) is 21.2 Å². The molecule has 2 amide bonds. The molecule has 1 aliphatic heterocycles. The number of likely N-dealkylation sites (tertiary alicyclic amines) is 1. The summed E-state index contributed by atoms with van der Waals surface area (Å²) in [6.07, 6.45) is 3.26. The summed E-state index contributed by atoms with van der Waals surface area (Å²) in [7, 11) is 1.55. The fraction of sp³-hybridized carbons (Fsp3) is 0.467. The van der Waals surface area contributed by atoms with Crippen molar-refractivity contribution in [2.24, 2.45) is 0 Å². The molecule has 1 aliphatic rings. The molecule has 0 unspecified atom stereocenters. The number of carbonyl (C=O) groups is 2. The SMILES string of the molecule is COc1ccc(Br)c(C(=O)NCC(=O)N2CCCCC2)c1. The molecule has 0 atom stereocenters. The average Bonchev–Trinajstić information content (AvgIpc) is 2.53. The number of amides is 2. The van der Waals surface area contributed by atoms with E-state index in [0.29, 0.717) is 15.8 Å². The number of nitrogens with one attached hydrogen (secondary N) is 1. The Morgan fingerprint density at radius 1 is 1.29 bits per heavy atom. The minimum Gasteiger partial charge on any atom is -0.497 e.